The molecule has 29 heavy (non-hydrogen) atoms. The minimum atomic E-state index is -1.17. The third-order valence-corrected chi connectivity index (χ3v) is 4.89. The zero-order valence-corrected chi connectivity index (χ0v) is 16.9. The third-order valence-electron chi connectivity index (χ3n) is 4.60. The molecule has 150 valence electrons. The number of esters is 1. The maximum Gasteiger partial charge on any atom is 0.329 e. The quantitative estimate of drug-likeness (QED) is 0.599. The molecule has 1 aliphatic heterocycles. The largest absolute Gasteiger partial charge is 0.454 e. The van der Waals surface area contributed by atoms with Gasteiger partial charge in [-0.2, -0.15) is 0 Å². The number of nitrogens with one attached hydrogen (secondary N) is 1. The maximum atomic E-state index is 12.4. The molecule has 0 unspecified atom stereocenters. The van der Waals surface area contributed by atoms with Crippen molar-refractivity contribution >= 4 is 41.0 Å². The van der Waals surface area contributed by atoms with Crippen LogP contribution in [0.25, 0.3) is 0 Å². The lowest BCUT2D eigenvalue weighted by Gasteiger charge is -2.20. The molecule has 0 radical (unpaired) electrons. The fourth-order valence-corrected chi connectivity index (χ4v) is 3.54. The van der Waals surface area contributed by atoms with Gasteiger partial charge in [0.05, 0.1) is 21.8 Å². The zero-order chi connectivity index (χ0) is 21.3. The first-order chi connectivity index (χ1) is 13.7. The van der Waals surface area contributed by atoms with E-state index in [1.54, 1.807) is 25.1 Å². The number of benzene rings is 2. The SMILES string of the molecule is Cc1cc(C)c(NC(=O)COC(=O)[C@@H](C)N2C(=O)c3ccccc3C2=O)c(Cl)c1. The minimum absolute atomic E-state index is 0.236. The van der Waals surface area contributed by atoms with Gasteiger partial charge >= 0.3 is 5.97 Å². The van der Waals surface area contributed by atoms with Crippen LogP contribution in [0, 0.1) is 13.8 Å². The second-order valence-electron chi connectivity index (χ2n) is 6.80. The highest BCUT2D eigenvalue weighted by Gasteiger charge is 2.41. The van der Waals surface area contributed by atoms with Gasteiger partial charge in [-0.05, 0) is 50.1 Å². The van der Waals surface area contributed by atoms with Gasteiger partial charge in [0.25, 0.3) is 17.7 Å². The van der Waals surface area contributed by atoms with E-state index in [1.165, 1.54) is 19.1 Å². The number of hydrogen-bond acceptors (Lipinski definition) is 5. The Morgan fingerprint density at radius 3 is 2.24 bits per heavy atom. The predicted octanol–water partition coefficient (Wildman–Crippen LogP) is 3.12. The number of rotatable bonds is 5. The number of ether oxygens (including phenoxy) is 1. The van der Waals surface area contributed by atoms with E-state index < -0.39 is 36.3 Å². The number of halogens is 1. The molecular weight excluding hydrogens is 396 g/mol. The Morgan fingerprint density at radius 2 is 1.69 bits per heavy atom. The van der Waals surface area contributed by atoms with Crippen molar-refractivity contribution in [1.29, 1.82) is 0 Å². The van der Waals surface area contributed by atoms with Gasteiger partial charge in [0.2, 0.25) is 0 Å². The lowest BCUT2D eigenvalue weighted by atomic mass is 10.1. The molecular formula is C21H19ClN2O5. The first kappa shape index (κ1) is 20.5. The van der Waals surface area contributed by atoms with Gasteiger partial charge in [0.15, 0.2) is 6.61 Å². The fourth-order valence-electron chi connectivity index (χ4n) is 3.17. The molecule has 3 amide bonds. The summed E-state index contributed by atoms with van der Waals surface area (Å²) in [6.07, 6.45) is 0. The molecule has 3 rings (SSSR count). The zero-order valence-electron chi connectivity index (χ0n) is 16.1. The van der Waals surface area contributed by atoms with Crippen LogP contribution in [0.15, 0.2) is 36.4 Å². The van der Waals surface area contributed by atoms with Crippen molar-refractivity contribution < 1.29 is 23.9 Å². The molecule has 1 atom stereocenters. The highest BCUT2D eigenvalue weighted by molar-refractivity contribution is 6.34. The van der Waals surface area contributed by atoms with Crippen molar-refractivity contribution in [2.24, 2.45) is 0 Å². The van der Waals surface area contributed by atoms with Crippen molar-refractivity contribution in [3.63, 3.8) is 0 Å². The number of aryl methyl sites for hydroxylation is 2. The molecule has 7 nitrogen and oxygen atoms in total. The molecule has 0 fully saturated rings. The number of nitrogens with zero attached hydrogens (tertiary/aromatic N) is 1. The van der Waals surface area contributed by atoms with E-state index in [-0.39, 0.29) is 11.1 Å². The maximum absolute atomic E-state index is 12.4. The van der Waals surface area contributed by atoms with Crippen molar-refractivity contribution in [3.8, 4) is 0 Å². The molecule has 2 aromatic rings. The highest BCUT2D eigenvalue weighted by Crippen LogP contribution is 2.27. The van der Waals surface area contributed by atoms with E-state index >= 15 is 0 Å². The predicted molar refractivity (Wildman–Crippen MR) is 107 cm³/mol. The molecule has 0 saturated carbocycles. The number of fused-ring (bicyclic) bond motifs is 1. The first-order valence-electron chi connectivity index (χ1n) is 8.91. The van der Waals surface area contributed by atoms with Gasteiger partial charge in [-0.1, -0.05) is 29.8 Å². The Hall–Kier alpha value is -3.19. The minimum Gasteiger partial charge on any atom is -0.454 e. The van der Waals surface area contributed by atoms with Gasteiger partial charge in [-0.15, -0.1) is 0 Å². The monoisotopic (exact) mass is 414 g/mol. The number of amides is 3. The van der Waals surface area contributed by atoms with Crippen LogP contribution in [0.1, 0.15) is 38.8 Å². The van der Waals surface area contributed by atoms with Crippen LogP contribution in [0.2, 0.25) is 5.02 Å². The molecule has 0 bridgehead atoms. The van der Waals surface area contributed by atoms with Crippen LogP contribution in [0.3, 0.4) is 0 Å². The van der Waals surface area contributed by atoms with E-state index in [0.29, 0.717) is 10.7 Å². The molecule has 2 aromatic carbocycles. The second-order valence-corrected chi connectivity index (χ2v) is 7.20. The molecule has 1 N–H and O–H groups in total. The van der Waals surface area contributed by atoms with Gasteiger partial charge in [0.1, 0.15) is 6.04 Å². The summed E-state index contributed by atoms with van der Waals surface area (Å²) in [6, 6.07) is 8.72. The van der Waals surface area contributed by atoms with Crippen molar-refractivity contribution in [3.05, 3.63) is 63.7 Å². The van der Waals surface area contributed by atoms with Gasteiger partial charge in [0, 0.05) is 0 Å². The molecule has 1 heterocycles. The van der Waals surface area contributed by atoms with Crippen LogP contribution in [-0.2, 0) is 14.3 Å². The van der Waals surface area contributed by atoms with Crippen LogP contribution in [0.4, 0.5) is 5.69 Å². The van der Waals surface area contributed by atoms with E-state index in [2.05, 4.69) is 5.32 Å². The Labute approximate surface area is 172 Å². The molecule has 0 aliphatic carbocycles. The summed E-state index contributed by atoms with van der Waals surface area (Å²) >= 11 is 6.15. The Morgan fingerprint density at radius 1 is 1.10 bits per heavy atom. The number of carbonyl (C=O) groups excluding carboxylic acids is 4. The van der Waals surface area contributed by atoms with Crippen molar-refractivity contribution in [1.82, 2.24) is 4.90 Å². The lowest BCUT2D eigenvalue weighted by Crippen LogP contribution is -2.44. The summed E-state index contributed by atoms with van der Waals surface area (Å²) in [4.78, 5) is 50.2. The van der Waals surface area contributed by atoms with E-state index in [0.717, 1.165) is 16.0 Å². The summed E-state index contributed by atoms with van der Waals surface area (Å²) in [6.45, 7) is 4.48. The Bertz CT molecular complexity index is 975. The third kappa shape index (κ3) is 4.00. The summed E-state index contributed by atoms with van der Waals surface area (Å²) in [5.41, 5.74) is 2.63. The number of carbonyl (C=O) groups is 4. The van der Waals surface area contributed by atoms with Crippen LogP contribution in [0.5, 0.6) is 0 Å². The van der Waals surface area contributed by atoms with Crippen LogP contribution >= 0.6 is 11.6 Å². The standard InChI is InChI=1S/C21H19ClN2O5/c1-11-8-12(2)18(16(22)9-11)23-17(25)10-29-21(28)13(3)24-19(26)14-6-4-5-7-15(14)20(24)27/h4-9,13H,10H2,1-3H3,(H,23,25)/t13-/m1/s1. The molecule has 0 saturated heterocycles. The fraction of sp³-hybridized carbons (Fsp3) is 0.238. The molecule has 8 heteroatoms. The summed E-state index contributed by atoms with van der Waals surface area (Å²) in [5.74, 6) is -2.58. The average molecular weight is 415 g/mol. The summed E-state index contributed by atoms with van der Waals surface area (Å²) < 4.78 is 5.01. The number of anilines is 1. The van der Waals surface area contributed by atoms with Crippen molar-refractivity contribution in [2.45, 2.75) is 26.8 Å². The highest BCUT2D eigenvalue weighted by atomic mass is 35.5. The average Bonchev–Trinajstić information content (AvgIpc) is 2.93. The van der Waals surface area contributed by atoms with Crippen LogP contribution in [-0.4, -0.2) is 41.2 Å². The Balaban J connectivity index is 1.62. The summed E-state index contributed by atoms with van der Waals surface area (Å²) in [7, 11) is 0. The van der Waals surface area contributed by atoms with Crippen molar-refractivity contribution in [2.75, 3.05) is 11.9 Å². The second kappa shape index (κ2) is 8.05. The van der Waals surface area contributed by atoms with E-state index in [4.69, 9.17) is 16.3 Å². The van der Waals surface area contributed by atoms with E-state index in [9.17, 15) is 19.2 Å². The number of imide groups is 1. The van der Waals surface area contributed by atoms with Gasteiger partial charge in [-0.25, -0.2) is 4.79 Å². The van der Waals surface area contributed by atoms with Crippen LogP contribution < -0.4 is 5.32 Å². The smallest absolute Gasteiger partial charge is 0.329 e. The number of hydrogen-bond donors (Lipinski definition) is 1. The molecule has 0 spiro atoms. The lowest BCUT2D eigenvalue weighted by molar-refractivity contribution is -0.150. The van der Waals surface area contributed by atoms with Gasteiger partial charge < -0.3 is 10.1 Å². The first-order valence-corrected chi connectivity index (χ1v) is 9.28. The normalized spacial score (nSPS) is 13.9. The topological polar surface area (TPSA) is 92.8 Å². The summed E-state index contributed by atoms with van der Waals surface area (Å²) in [5, 5.41) is 2.98. The molecule has 1 aliphatic rings. The van der Waals surface area contributed by atoms with Gasteiger partial charge in [-0.3, -0.25) is 19.3 Å². The van der Waals surface area contributed by atoms with E-state index in [1.807, 2.05) is 13.0 Å². The molecule has 0 aromatic heterocycles. The Kier molecular flexibility index (Phi) is 5.70.